The first kappa shape index (κ1) is 14.1. The predicted octanol–water partition coefficient (Wildman–Crippen LogP) is 2.69. The molecular weight excluding hydrogens is 260 g/mol. The van der Waals surface area contributed by atoms with Crippen LogP contribution in [0.15, 0.2) is 28.8 Å². The van der Waals surface area contributed by atoms with Gasteiger partial charge >= 0.3 is 0 Å². The largest absolute Gasteiger partial charge is 0.337 e. The first-order valence-electron chi connectivity index (χ1n) is 6.31. The number of nitrogens with zero attached hydrogens (tertiary/aromatic N) is 3. The van der Waals surface area contributed by atoms with Gasteiger partial charge in [0.2, 0.25) is 11.7 Å². The first-order valence-corrected chi connectivity index (χ1v) is 6.31. The molecule has 7 heteroatoms. The molecule has 2 rings (SSSR count). The number of aromatic nitrogens is 2. The van der Waals surface area contributed by atoms with Crippen molar-refractivity contribution in [2.45, 2.75) is 26.3 Å². The van der Waals surface area contributed by atoms with Crippen molar-refractivity contribution in [1.82, 2.24) is 10.1 Å². The third-order valence-electron chi connectivity index (χ3n) is 2.82. The molecule has 1 atom stereocenters. The van der Waals surface area contributed by atoms with Crippen LogP contribution < -0.4 is 5.73 Å². The van der Waals surface area contributed by atoms with E-state index in [2.05, 4.69) is 24.0 Å². The van der Waals surface area contributed by atoms with Gasteiger partial charge in [-0.1, -0.05) is 19.0 Å². The minimum atomic E-state index is -0.454. The van der Waals surface area contributed by atoms with Crippen LogP contribution in [0.4, 0.5) is 5.69 Å². The van der Waals surface area contributed by atoms with E-state index in [1.54, 1.807) is 12.1 Å². The number of non-ortho nitro benzene ring substituents is 1. The normalized spacial score (nSPS) is 12.6. The Morgan fingerprint density at radius 1 is 1.35 bits per heavy atom. The molecule has 7 nitrogen and oxygen atoms in total. The number of rotatable bonds is 5. The van der Waals surface area contributed by atoms with Gasteiger partial charge in [0.15, 0.2) is 0 Å². The molecule has 1 heterocycles. The maximum Gasteiger partial charge on any atom is 0.269 e. The lowest BCUT2D eigenvalue weighted by atomic mass is 10.0. The third kappa shape index (κ3) is 3.18. The minimum absolute atomic E-state index is 0.0222. The van der Waals surface area contributed by atoms with E-state index in [1.165, 1.54) is 12.1 Å². The van der Waals surface area contributed by atoms with E-state index in [-0.39, 0.29) is 11.7 Å². The van der Waals surface area contributed by atoms with Crippen LogP contribution in [0.5, 0.6) is 0 Å². The summed E-state index contributed by atoms with van der Waals surface area (Å²) < 4.78 is 5.14. The second kappa shape index (κ2) is 5.79. The molecule has 0 saturated carbocycles. The Kier molecular flexibility index (Phi) is 4.09. The van der Waals surface area contributed by atoms with E-state index in [9.17, 15) is 10.1 Å². The summed E-state index contributed by atoms with van der Waals surface area (Å²) in [7, 11) is 0. The molecule has 0 amide bonds. The zero-order chi connectivity index (χ0) is 14.7. The molecular formula is C13H16N4O3. The van der Waals surface area contributed by atoms with E-state index < -0.39 is 4.92 Å². The van der Waals surface area contributed by atoms with Crippen LogP contribution in [0, 0.1) is 16.0 Å². The molecule has 20 heavy (non-hydrogen) atoms. The summed E-state index contributed by atoms with van der Waals surface area (Å²) in [6.07, 6.45) is 0.752. The van der Waals surface area contributed by atoms with Crippen molar-refractivity contribution < 1.29 is 9.45 Å². The lowest BCUT2D eigenvalue weighted by Gasteiger charge is -2.08. The van der Waals surface area contributed by atoms with Gasteiger partial charge in [-0.25, -0.2) is 0 Å². The number of nitrogens with two attached hydrogens (primary N) is 1. The highest BCUT2D eigenvalue weighted by atomic mass is 16.6. The van der Waals surface area contributed by atoms with Gasteiger partial charge in [0, 0.05) is 17.7 Å². The van der Waals surface area contributed by atoms with Crippen molar-refractivity contribution in [1.29, 1.82) is 0 Å². The summed E-state index contributed by atoms with van der Waals surface area (Å²) >= 11 is 0. The molecule has 0 spiro atoms. The van der Waals surface area contributed by atoms with Gasteiger partial charge in [0.25, 0.3) is 5.69 Å². The van der Waals surface area contributed by atoms with Crippen LogP contribution >= 0.6 is 0 Å². The molecule has 0 aliphatic heterocycles. The van der Waals surface area contributed by atoms with Crippen LogP contribution in [0.3, 0.4) is 0 Å². The average Bonchev–Trinajstić information content (AvgIpc) is 2.87. The zero-order valence-corrected chi connectivity index (χ0v) is 11.3. The van der Waals surface area contributed by atoms with Crippen molar-refractivity contribution in [2.75, 3.05) is 0 Å². The number of hydrogen-bond donors (Lipinski definition) is 1. The third-order valence-corrected chi connectivity index (χ3v) is 2.82. The highest BCUT2D eigenvalue weighted by Gasteiger charge is 2.17. The van der Waals surface area contributed by atoms with Gasteiger partial charge < -0.3 is 10.3 Å². The molecule has 0 aliphatic carbocycles. The fraction of sp³-hybridized carbons (Fsp3) is 0.385. The minimum Gasteiger partial charge on any atom is -0.337 e. The molecule has 0 aliphatic rings. The predicted molar refractivity (Wildman–Crippen MR) is 72.8 cm³/mol. The Bertz CT molecular complexity index is 592. The second-order valence-electron chi connectivity index (χ2n) is 5.00. The summed E-state index contributed by atoms with van der Waals surface area (Å²) in [5.41, 5.74) is 6.64. The topological polar surface area (TPSA) is 108 Å². The van der Waals surface area contributed by atoms with Crippen molar-refractivity contribution in [3.8, 4) is 11.4 Å². The Hall–Kier alpha value is -2.28. The molecule has 0 saturated heterocycles. The maximum atomic E-state index is 10.6. The number of hydrogen-bond acceptors (Lipinski definition) is 6. The quantitative estimate of drug-likeness (QED) is 0.664. The average molecular weight is 276 g/mol. The molecule has 0 fully saturated rings. The summed E-state index contributed by atoms with van der Waals surface area (Å²) in [4.78, 5) is 14.4. The van der Waals surface area contributed by atoms with E-state index in [0.717, 1.165) is 6.42 Å². The fourth-order valence-electron chi connectivity index (χ4n) is 1.84. The van der Waals surface area contributed by atoms with Gasteiger partial charge in [-0.15, -0.1) is 0 Å². The van der Waals surface area contributed by atoms with Gasteiger partial charge in [-0.2, -0.15) is 4.98 Å². The molecule has 106 valence electrons. The van der Waals surface area contributed by atoms with Crippen LogP contribution in [0.2, 0.25) is 0 Å². The van der Waals surface area contributed by atoms with E-state index in [0.29, 0.717) is 23.2 Å². The maximum absolute atomic E-state index is 10.6. The van der Waals surface area contributed by atoms with Crippen molar-refractivity contribution in [3.05, 3.63) is 40.3 Å². The Labute approximate surface area is 115 Å². The Morgan fingerprint density at radius 2 is 2.00 bits per heavy atom. The van der Waals surface area contributed by atoms with E-state index >= 15 is 0 Å². The van der Waals surface area contributed by atoms with Crippen molar-refractivity contribution in [2.24, 2.45) is 11.7 Å². The van der Waals surface area contributed by atoms with Gasteiger partial charge in [0.1, 0.15) is 0 Å². The van der Waals surface area contributed by atoms with E-state index in [4.69, 9.17) is 10.3 Å². The Morgan fingerprint density at radius 3 is 2.55 bits per heavy atom. The molecule has 0 radical (unpaired) electrons. The number of nitro groups is 1. The SMILES string of the molecule is CC(C)CC(N)c1nc(-c2ccc([N+](=O)[O-])cc2)no1. The number of nitro benzene ring substituents is 1. The van der Waals surface area contributed by atoms with Gasteiger partial charge in [-0.05, 0) is 24.5 Å². The summed E-state index contributed by atoms with van der Waals surface area (Å²) in [6.45, 7) is 4.13. The van der Waals surface area contributed by atoms with Gasteiger partial charge in [-0.3, -0.25) is 10.1 Å². The first-order chi connectivity index (χ1) is 9.47. The van der Waals surface area contributed by atoms with Crippen molar-refractivity contribution >= 4 is 5.69 Å². The second-order valence-corrected chi connectivity index (χ2v) is 5.00. The summed E-state index contributed by atoms with van der Waals surface area (Å²) in [6, 6.07) is 5.68. The van der Waals surface area contributed by atoms with Crippen molar-refractivity contribution in [3.63, 3.8) is 0 Å². The van der Waals surface area contributed by atoms with Crippen LogP contribution in [-0.4, -0.2) is 15.1 Å². The standard InChI is InChI=1S/C13H16N4O3/c1-8(2)7-11(14)13-15-12(16-20-13)9-3-5-10(6-4-9)17(18)19/h3-6,8,11H,7,14H2,1-2H3. The summed E-state index contributed by atoms with van der Waals surface area (Å²) in [5, 5.41) is 14.4. The number of benzene rings is 1. The monoisotopic (exact) mass is 276 g/mol. The highest BCUT2D eigenvalue weighted by Crippen LogP contribution is 2.23. The lowest BCUT2D eigenvalue weighted by molar-refractivity contribution is -0.384. The lowest BCUT2D eigenvalue weighted by Crippen LogP contribution is -2.13. The fourth-order valence-corrected chi connectivity index (χ4v) is 1.84. The molecule has 2 N–H and O–H groups in total. The van der Waals surface area contributed by atoms with E-state index in [1.807, 2.05) is 0 Å². The summed E-state index contributed by atoms with van der Waals surface area (Å²) in [5.74, 6) is 1.20. The molecule has 1 aromatic heterocycles. The van der Waals surface area contributed by atoms with Crippen LogP contribution in [0.1, 0.15) is 32.2 Å². The Balaban J connectivity index is 2.18. The smallest absolute Gasteiger partial charge is 0.269 e. The zero-order valence-electron chi connectivity index (χ0n) is 11.3. The molecule has 2 aromatic rings. The molecule has 0 bridgehead atoms. The molecule has 1 unspecified atom stereocenters. The van der Waals surface area contributed by atoms with Crippen LogP contribution in [0.25, 0.3) is 11.4 Å². The molecule has 1 aromatic carbocycles. The van der Waals surface area contributed by atoms with Crippen LogP contribution in [-0.2, 0) is 0 Å². The van der Waals surface area contributed by atoms with Gasteiger partial charge in [0.05, 0.1) is 11.0 Å². The highest BCUT2D eigenvalue weighted by molar-refractivity contribution is 5.56.